The average molecular weight is 461 g/mol. The van der Waals surface area contributed by atoms with Gasteiger partial charge < -0.3 is 15.0 Å². The second-order valence-electron chi connectivity index (χ2n) is 8.50. The van der Waals surface area contributed by atoms with Crippen LogP contribution in [0.2, 0.25) is 0 Å². The third-order valence-electron chi connectivity index (χ3n) is 6.00. The molecule has 0 saturated carbocycles. The van der Waals surface area contributed by atoms with Crippen molar-refractivity contribution in [1.29, 1.82) is 0 Å². The summed E-state index contributed by atoms with van der Waals surface area (Å²) in [6.07, 6.45) is 5.00. The molecule has 1 N–H and O–H groups in total. The van der Waals surface area contributed by atoms with Crippen LogP contribution in [0.5, 0.6) is 0 Å². The van der Waals surface area contributed by atoms with Crippen LogP contribution in [-0.4, -0.2) is 46.1 Å². The van der Waals surface area contributed by atoms with Crippen molar-refractivity contribution >= 4 is 28.0 Å². The molecule has 0 bridgehead atoms. The fraction of sp³-hybridized carbons (Fsp3) is 0.308. The maximum atomic E-state index is 13.2. The topological polar surface area (TPSA) is 58.9 Å². The van der Waals surface area contributed by atoms with Gasteiger partial charge >= 0.3 is 6.03 Å². The number of nitrogens with zero attached hydrogens (tertiary/aromatic N) is 3. The summed E-state index contributed by atoms with van der Waals surface area (Å²) in [5, 5.41) is 5.20. The number of anilines is 1. The SMILES string of the molecule is Cc1cccc(NC(=O)N(CCc2csc3nc(-c4ccccc4)cn23)CC2CCCO2)c1. The summed E-state index contributed by atoms with van der Waals surface area (Å²) >= 11 is 1.63. The molecule has 6 nitrogen and oxygen atoms in total. The Bertz CT molecular complexity index is 1230. The zero-order valence-electron chi connectivity index (χ0n) is 18.7. The van der Waals surface area contributed by atoms with Crippen molar-refractivity contribution in [3.8, 4) is 11.3 Å². The van der Waals surface area contributed by atoms with Crippen LogP contribution in [0.4, 0.5) is 10.5 Å². The lowest BCUT2D eigenvalue weighted by Crippen LogP contribution is -2.41. The zero-order chi connectivity index (χ0) is 22.6. The molecular weight excluding hydrogens is 432 g/mol. The Labute approximate surface area is 197 Å². The van der Waals surface area contributed by atoms with Gasteiger partial charge in [-0.15, -0.1) is 11.3 Å². The lowest BCUT2D eigenvalue weighted by molar-refractivity contribution is 0.0838. The number of nitrogens with one attached hydrogen (secondary N) is 1. The molecule has 5 rings (SSSR count). The van der Waals surface area contributed by atoms with Gasteiger partial charge in [0.2, 0.25) is 0 Å². The minimum Gasteiger partial charge on any atom is -0.376 e. The van der Waals surface area contributed by atoms with Gasteiger partial charge in [-0.3, -0.25) is 4.40 Å². The van der Waals surface area contributed by atoms with Gasteiger partial charge in [-0.1, -0.05) is 42.5 Å². The van der Waals surface area contributed by atoms with E-state index in [1.165, 1.54) is 0 Å². The molecule has 4 aromatic rings. The quantitative estimate of drug-likeness (QED) is 0.389. The van der Waals surface area contributed by atoms with Crippen LogP contribution in [0.1, 0.15) is 24.1 Å². The van der Waals surface area contributed by atoms with Gasteiger partial charge in [-0.05, 0) is 37.5 Å². The van der Waals surface area contributed by atoms with Crippen molar-refractivity contribution in [2.75, 3.05) is 25.0 Å². The molecular formula is C26H28N4O2S. The number of aromatic nitrogens is 2. The highest BCUT2D eigenvalue weighted by atomic mass is 32.1. The predicted molar refractivity (Wildman–Crippen MR) is 133 cm³/mol. The summed E-state index contributed by atoms with van der Waals surface area (Å²) in [4.78, 5) is 20.8. The van der Waals surface area contributed by atoms with Gasteiger partial charge in [0.15, 0.2) is 4.96 Å². The van der Waals surface area contributed by atoms with Crippen LogP contribution in [0.15, 0.2) is 66.2 Å². The molecule has 2 aromatic heterocycles. The minimum absolute atomic E-state index is 0.0850. The number of thiazole rings is 1. The molecule has 0 aliphatic carbocycles. The van der Waals surface area contributed by atoms with E-state index < -0.39 is 0 Å². The summed E-state index contributed by atoms with van der Waals surface area (Å²) in [5.41, 5.74) is 5.17. The Morgan fingerprint density at radius 3 is 2.91 bits per heavy atom. The number of ether oxygens (including phenoxy) is 1. The van der Waals surface area contributed by atoms with Crippen LogP contribution >= 0.6 is 11.3 Å². The molecule has 3 heterocycles. The Balaban J connectivity index is 1.31. The van der Waals surface area contributed by atoms with E-state index in [-0.39, 0.29) is 12.1 Å². The van der Waals surface area contributed by atoms with E-state index >= 15 is 0 Å². The first-order valence-corrected chi connectivity index (χ1v) is 12.3. The largest absolute Gasteiger partial charge is 0.376 e. The van der Waals surface area contributed by atoms with Gasteiger partial charge in [0.05, 0.1) is 11.8 Å². The van der Waals surface area contributed by atoms with E-state index in [1.807, 2.05) is 54.3 Å². The van der Waals surface area contributed by atoms with E-state index in [4.69, 9.17) is 9.72 Å². The summed E-state index contributed by atoms with van der Waals surface area (Å²) in [6, 6.07) is 18.0. The fourth-order valence-electron chi connectivity index (χ4n) is 4.24. The molecule has 1 fully saturated rings. The second-order valence-corrected chi connectivity index (χ2v) is 9.34. The molecule has 1 atom stereocenters. The molecule has 1 aliphatic rings. The van der Waals surface area contributed by atoms with Crippen molar-refractivity contribution < 1.29 is 9.53 Å². The number of carbonyl (C=O) groups is 1. The normalized spacial score (nSPS) is 15.7. The second kappa shape index (κ2) is 9.77. The minimum atomic E-state index is -0.0850. The Hall–Kier alpha value is -3.16. The summed E-state index contributed by atoms with van der Waals surface area (Å²) < 4.78 is 7.98. The van der Waals surface area contributed by atoms with Crippen LogP contribution < -0.4 is 5.32 Å². The number of hydrogen-bond donors (Lipinski definition) is 1. The highest BCUT2D eigenvalue weighted by Crippen LogP contribution is 2.24. The van der Waals surface area contributed by atoms with Crippen LogP contribution in [0, 0.1) is 6.92 Å². The molecule has 1 saturated heterocycles. The maximum absolute atomic E-state index is 13.2. The third-order valence-corrected chi connectivity index (χ3v) is 6.88. The lowest BCUT2D eigenvalue weighted by Gasteiger charge is -2.26. The Kier molecular flexibility index (Phi) is 6.41. The standard InChI is InChI=1S/C26H28N4O2S/c1-19-7-5-10-21(15-19)27-25(31)29(16-23-11-6-14-32-23)13-12-22-18-33-26-28-24(17-30(22)26)20-8-3-2-4-9-20/h2-5,7-10,15,17-18,23H,6,11-14,16H2,1H3,(H,27,31). The van der Waals surface area contributed by atoms with Crippen molar-refractivity contribution in [3.63, 3.8) is 0 Å². The van der Waals surface area contributed by atoms with Crippen molar-refractivity contribution in [2.45, 2.75) is 32.3 Å². The first-order chi connectivity index (χ1) is 16.2. The van der Waals surface area contributed by atoms with Gasteiger partial charge in [0.25, 0.3) is 0 Å². The van der Waals surface area contributed by atoms with Crippen molar-refractivity contribution in [1.82, 2.24) is 14.3 Å². The van der Waals surface area contributed by atoms with E-state index in [2.05, 4.69) is 33.4 Å². The predicted octanol–water partition coefficient (Wildman–Crippen LogP) is 5.63. The van der Waals surface area contributed by atoms with Gasteiger partial charge in [-0.2, -0.15) is 0 Å². The first-order valence-electron chi connectivity index (χ1n) is 11.4. The number of urea groups is 1. The van der Waals surface area contributed by atoms with E-state index in [0.717, 1.165) is 59.0 Å². The summed E-state index contributed by atoms with van der Waals surface area (Å²) in [5.74, 6) is 0. The number of carbonyl (C=O) groups excluding carboxylic acids is 1. The summed E-state index contributed by atoms with van der Waals surface area (Å²) in [6.45, 7) is 4.02. The number of imidazole rings is 1. The summed E-state index contributed by atoms with van der Waals surface area (Å²) in [7, 11) is 0. The highest BCUT2D eigenvalue weighted by molar-refractivity contribution is 7.15. The molecule has 0 radical (unpaired) electrons. The number of hydrogen-bond acceptors (Lipinski definition) is 4. The maximum Gasteiger partial charge on any atom is 0.321 e. The van der Waals surface area contributed by atoms with Crippen LogP contribution in [-0.2, 0) is 11.2 Å². The number of amides is 2. The Morgan fingerprint density at radius 2 is 2.12 bits per heavy atom. The van der Waals surface area contributed by atoms with E-state index in [0.29, 0.717) is 13.1 Å². The Morgan fingerprint density at radius 1 is 1.24 bits per heavy atom. The monoisotopic (exact) mass is 460 g/mol. The fourth-order valence-corrected chi connectivity index (χ4v) is 5.15. The number of rotatable bonds is 7. The first kappa shape index (κ1) is 21.7. The molecule has 170 valence electrons. The number of aryl methyl sites for hydroxylation is 1. The van der Waals surface area contributed by atoms with Gasteiger partial charge in [0, 0.05) is 54.6 Å². The van der Waals surface area contributed by atoms with Gasteiger partial charge in [-0.25, -0.2) is 9.78 Å². The molecule has 33 heavy (non-hydrogen) atoms. The smallest absolute Gasteiger partial charge is 0.321 e. The molecule has 1 aliphatic heterocycles. The zero-order valence-corrected chi connectivity index (χ0v) is 19.6. The van der Waals surface area contributed by atoms with E-state index in [1.54, 1.807) is 11.3 Å². The lowest BCUT2D eigenvalue weighted by atomic mass is 10.2. The molecule has 7 heteroatoms. The number of fused-ring (bicyclic) bond motifs is 1. The van der Waals surface area contributed by atoms with Crippen LogP contribution in [0.25, 0.3) is 16.2 Å². The van der Waals surface area contributed by atoms with E-state index in [9.17, 15) is 4.79 Å². The van der Waals surface area contributed by atoms with Crippen molar-refractivity contribution in [3.05, 3.63) is 77.4 Å². The highest BCUT2D eigenvalue weighted by Gasteiger charge is 2.23. The molecule has 2 amide bonds. The average Bonchev–Trinajstić information content (AvgIpc) is 3.55. The molecule has 1 unspecified atom stereocenters. The van der Waals surface area contributed by atoms with Gasteiger partial charge in [0.1, 0.15) is 0 Å². The van der Waals surface area contributed by atoms with Crippen molar-refractivity contribution in [2.24, 2.45) is 0 Å². The third kappa shape index (κ3) is 5.10. The number of benzene rings is 2. The molecule has 2 aromatic carbocycles. The molecule has 0 spiro atoms. The van der Waals surface area contributed by atoms with Crippen LogP contribution in [0.3, 0.4) is 0 Å².